The lowest BCUT2D eigenvalue weighted by molar-refractivity contribution is -0.384. The number of hydrogen-bond acceptors (Lipinski definition) is 21. The van der Waals surface area contributed by atoms with Crippen molar-refractivity contribution in [1.29, 1.82) is 0 Å². The molecule has 74 heavy (non-hydrogen) atoms. The molecule has 2 saturated heterocycles. The summed E-state index contributed by atoms with van der Waals surface area (Å²) in [7, 11) is 14.3. The first-order chi connectivity index (χ1) is 35.6. The molecule has 0 saturated carbocycles. The lowest BCUT2D eigenvalue weighted by Crippen LogP contribution is -2.54. The summed E-state index contributed by atoms with van der Waals surface area (Å²) in [6.45, 7) is 4.49. The third-order valence-electron chi connectivity index (χ3n) is 12.6. The first-order valence-electron chi connectivity index (χ1n) is 23.8. The van der Waals surface area contributed by atoms with Crippen LogP contribution in [0.25, 0.3) is 0 Å². The number of likely N-dealkylation sites (N-methyl/N-ethyl adjacent to an activating group) is 4. The minimum atomic E-state index is -0.427. The SMILES string of the molecule is COc1cc(N(C)CCN(C)C)c([N+](=O)[O-])cc1Nc1nccc(OC2CN(c3ccccc3C(=O)c3ccccc3N3CC(Oc4ccnc(Nc5cc([N+](=O)[O-])c(N(C)CCN(C)C)cc5OC)n4)C3)C2)n1. The van der Waals surface area contributed by atoms with E-state index in [9.17, 15) is 25.0 Å². The first-order valence-corrected chi connectivity index (χ1v) is 23.8. The van der Waals surface area contributed by atoms with E-state index in [2.05, 4.69) is 40.4 Å². The van der Waals surface area contributed by atoms with Crippen LogP contribution in [0.1, 0.15) is 15.9 Å². The van der Waals surface area contributed by atoms with Crippen LogP contribution in [0, 0.1) is 20.2 Å². The topological polar surface area (TPSA) is 235 Å². The van der Waals surface area contributed by atoms with Gasteiger partial charge in [0.2, 0.25) is 23.7 Å². The lowest BCUT2D eigenvalue weighted by atomic mass is 9.96. The molecule has 2 aliphatic rings. The van der Waals surface area contributed by atoms with E-state index < -0.39 is 9.85 Å². The number of benzene rings is 4. The third-order valence-corrected chi connectivity index (χ3v) is 12.6. The number of carbonyl (C=O) groups is 1. The van der Waals surface area contributed by atoms with E-state index in [4.69, 9.17) is 18.9 Å². The van der Waals surface area contributed by atoms with Crippen molar-refractivity contribution in [3.63, 3.8) is 0 Å². The minimum absolute atomic E-state index is 0.0957. The van der Waals surface area contributed by atoms with Gasteiger partial charge < -0.3 is 59.0 Å². The van der Waals surface area contributed by atoms with Crippen molar-refractivity contribution < 1.29 is 33.6 Å². The standard InChI is InChI=1S/C51H60N14O9/c1-58(2)21-23-60(5)41-27-45(71-7)37(25-43(41)64(67)68)54-50-52-19-17-47(56-50)73-33-29-62(30-33)39-15-11-9-13-35(39)49(66)36-14-10-12-16-40(36)63-31-34(32-63)74-48-18-20-53-51(57-48)55-38-26-44(65(69)70)42(28-46(38)72-8)61(6)24-22-59(3)4/h9-20,25-28,33-34H,21-24,29-32H2,1-8H3,(H,52,54,56)(H,53,55,57). The molecular weight excluding hydrogens is 953 g/mol. The predicted molar refractivity (Wildman–Crippen MR) is 283 cm³/mol. The van der Waals surface area contributed by atoms with Gasteiger partial charge in [-0.2, -0.15) is 9.97 Å². The molecule has 388 valence electrons. The summed E-state index contributed by atoms with van der Waals surface area (Å²) in [5.74, 6) is 1.58. The van der Waals surface area contributed by atoms with Gasteiger partial charge in [-0.25, -0.2) is 9.97 Å². The van der Waals surface area contributed by atoms with Crippen LogP contribution < -0.4 is 49.2 Å². The molecular formula is C51H60N14O9. The lowest BCUT2D eigenvalue weighted by Gasteiger charge is -2.42. The summed E-state index contributed by atoms with van der Waals surface area (Å²) in [6.07, 6.45) is 2.58. The first kappa shape index (κ1) is 51.8. The zero-order chi connectivity index (χ0) is 52.6. The number of methoxy groups -OCH3 is 2. The number of nitro benzene ring substituents is 2. The molecule has 4 aromatic carbocycles. The van der Waals surface area contributed by atoms with Gasteiger partial charge in [-0.1, -0.05) is 24.3 Å². The number of nitrogens with one attached hydrogen (secondary N) is 2. The number of carbonyl (C=O) groups excluding carboxylic acids is 1. The molecule has 0 aliphatic carbocycles. The van der Waals surface area contributed by atoms with Crippen molar-refractivity contribution in [2.75, 3.05) is 139 Å². The zero-order valence-electron chi connectivity index (χ0n) is 42.6. The monoisotopic (exact) mass is 1010 g/mol. The Morgan fingerprint density at radius 3 is 1.36 bits per heavy atom. The largest absolute Gasteiger partial charge is 0.494 e. The van der Waals surface area contributed by atoms with Crippen molar-refractivity contribution in [2.45, 2.75) is 12.2 Å². The number of ketones is 1. The Labute approximate surface area is 428 Å². The summed E-state index contributed by atoms with van der Waals surface area (Å²) in [6, 6.07) is 24.4. The van der Waals surface area contributed by atoms with Gasteiger partial charge in [0.25, 0.3) is 11.4 Å². The second kappa shape index (κ2) is 22.9. The smallest absolute Gasteiger partial charge is 0.294 e. The van der Waals surface area contributed by atoms with Crippen LogP contribution in [0.2, 0.25) is 0 Å². The van der Waals surface area contributed by atoms with Crippen molar-refractivity contribution in [3.05, 3.63) is 129 Å². The molecule has 4 heterocycles. The third kappa shape index (κ3) is 12.0. The molecule has 2 aromatic heterocycles. The molecule has 2 aliphatic heterocycles. The quantitative estimate of drug-likeness (QED) is 0.0382. The van der Waals surface area contributed by atoms with E-state index in [1.165, 1.54) is 38.7 Å². The molecule has 23 nitrogen and oxygen atoms in total. The second-order valence-electron chi connectivity index (χ2n) is 18.4. The molecule has 0 bridgehead atoms. The van der Waals surface area contributed by atoms with Gasteiger partial charge in [0.05, 0.1) is 61.6 Å². The molecule has 0 unspecified atom stereocenters. The number of aromatic nitrogens is 4. The van der Waals surface area contributed by atoms with E-state index in [-0.39, 0.29) is 41.3 Å². The Balaban J connectivity index is 0.882. The summed E-state index contributed by atoms with van der Waals surface area (Å²) in [5, 5.41) is 30.5. The van der Waals surface area contributed by atoms with Crippen LogP contribution >= 0.6 is 0 Å². The highest BCUT2D eigenvalue weighted by Gasteiger charge is 2.35. The highest BCUT2D eigenvalue weighted by atomic mass is 16.6. The Hall–Kier alpha value is -8.57. The van der Waals surface area contributed by atoms with Gasteiger partial charge in [-0.15, -0.1) is 0 Å². The van der Waals surface area contributed by atoms with Crippen LogP contribution in [-0.2, 0) is 0 Å². The second-order valence-corrected chi connectivity index (χ2v) is 18.4. The summed E-state index contributed by atoms with van der Waals surface area (Å²) < 4.78 is 23.8. The summed E-state index contributed by atoms with van der Waals surface area (Å²) in [5.41, 5.74) is 3.93. The fraction of sp³-hybridized carbons (Fsp3) is 0.353. The number of para-hydroxylation sites is 2. The van der Waals surface area contributed by atoms with Crippen molar-refractivity contribution in [2.24, 2.45) is 0 Å². The average molecular weight is 1010 g/mol. The number of anilines is 8. The van der Waals surface area contributed by atoms with Crippen LogP contribution in [0.3, 0.4) is 0 Å². The highest BCUT2D eigenvalue weighted by Crippen LogP contribution is 2.41. The van der Waals surface area contributed by atoms with E-state index in [1.807, 2.05) is 96.3 Å². The van der Waals surface area contributed by atoms with Crippen LogP contribution in [0.5, 0.6) is 23.3 Å². The molecule has 0 radical (unpaired) electrons. The fourth-order valence-electron chi connectivity index (χ4n) is 8.46. The van der Waals surface area contributed by atoms with Crippen molar-refractivity contribution in [1.82, 2.24) is 29.7 Å². The molecule has 8 rings (SSSR count). The van der Waals surface area contributed by atoms with Crippen molar-refractivity contribution >= 4 is 63.2 Å². The van der Waals surface area contributed by atoms with E-state index in [0.717, 1.165) is 11.4 Å². The highest BCUT2D eigenvalue weighted by molar-refractivity contribution is 6.15. The molecule has 2 fully saturated rings. The number of rotatable bonds is 24. The molecule has 2 N–H and O–H groups in total. The van der Waals surface area contributed by atoms with Gasteiger partial charge in [-0.05, 0) is 52.5 Å². The molecule has 0 atom stereocenters. The number of nitrogens with zero attached hydrogens (tertiary/aromatic N) is 12. The van der Waals surface area contributed by atoms with E-state index >= 15 is 0 Å². The molecule has 6 aromatic rings. The normalized spacial score (nSPS) is 13.5. The van der Waals surface area contributed by atoms with Crippen LogP contribution in [-0.4, -0.2) is 166 Å². The number of nitro groups is 2. The van der Waals surface area contributed by atoms with Gasteiger partial charge in [0.1, 0.15) is 35.1 Å². The van der Waals surface area contributed by atoms with Gasteiger partial charge in [0.15, 0.2) is 5.78 Å². The maximum absolute atomic E-state index is 14.5. The van der Waals surface area contributed by atoms with E-state index in [1.54, 1.807) is 38.4 Å². The maximum Gasteiger partial charge on any atom is 0.294 e. The summed E-state index contributed by atoms with van der Waals surface area (Å²) in [4.78, 5) is 67.5. The van der Waals surface area contributed by atoms with Gasteiger partial charge in [-0.3, -0.25) is 25.0 Å². The van der Waals surface area contributed by atoms with Crippen LogP contribution in [0.15, 0.2) is 97.3 Å². The Bertz CT molecular complexity index is 2790. The van der Waals surface area contributed by atoms with Crippen molar-refractivity contribution in [3.8, 4) is 23.3 Å². The summed E-state index contributed by atoms with van der Waals surface area (Å²) >= 11 is 0. The molecule has 0 spiro atoms. The fourth-order valence-corrected chi connectivity index (χ4v) is 8.46. The molecule has 23 heteroatoms. The predicted octanol–water partition coefficient (Wildman–Crippen LogP) is 6.35. The molecule has 0 amide bonds. The number of hydrogen-bond donors (Lipinski definition) is 2. The minimum Gasteiger partial charge on any atom is -0.494 e. The van der Waals surface area contributed by atoms with Gasteiger partial charge in [0, 0.05) is 112 Å². The Morgan fingerprint density at radius 2 is 1.00 bits per heavy atom. The van der Waals surface area contributed by atoms with E-state index in [0.29, 0.717) is 109 Å². The zero-order valence-corrected chi connectivity index (χ0v) is 42.6. The Morgan fingerprint density at radius 1 is 0.608 bits per heavy atom. The number of ether oxygens (including phenoxy) is 4. The maximum atomic E-state index is 14.5. The average Bonchev–Trinajstić information content (AvgIpc) is 3.36. The van der Waals surface area contributed by atoms with Gasteiger partial charge >= 0.3 is 0 Å². The Kier molecular flexibility index (Phi) is 16.0. The van der Waals surface area contributed by atoms with Crippen LogP contribution in [0.4, 0.5) is 57.4 Å².